The number of anilines is 1. The molecule has 0 spiro atoms. The third kappa shape index (κ3) is 7.73. The normalized spacial score (nSPS) is 22.6. The zero-order chi connectivity index (χ0) is 55.7. The molecule has 2 aliphatic heterocycles. The van der Waals surface area contributed by atoms with E-state index in [1.807, 2.05) is 35.9 Å². The molecule has 6 unspecified atom stereocenters. The SMILES string of the molecule is CC12C=CC(c3cc(-c4ccc5oc6c(c5c4)CC(c4ccccc4-c4ccccn4)C=C6)cc4c3sc3ccccc34)=CC1c1cc(C3C=C4C(=CC3)N(c3ccccc3)C3(C)C=CC(c5ccccc5-c5ccccn5)=CC43)ccc1O2. The van der Waals surface area contributed by atoms with E-state index in [0.717, 1.165) is 46.9 Å². The monoisotopic (exact) mass is 1100 g/mol. The van der Waals surface area contributed by atoms with Gasteiger partial charge in [-0.1, -0.05) is 164 Å². The van der Waals surface area contributed by atoms with Crippen LogP contribution in [0.15, 0.2) is 271 Å². The summed E-state index contributed by atoms with van der Waals surface area (Å²) in [7, 11) is 0. The molecule has 5 nitrogen and oxygen atoms in total. The molecule has 7 aromatic carbocycles. The summed E-state index contributed by atoms with van der Waals surface area (Å²) < 4.78 is 16.2. The zero-order valence-electron chi connectivity index (χ0n) is 46.6. The van der Waals surface area contributed by atoms with Crippen molar-refractivity contribution in [3.05, 3.63) is 306 Å². The van der Waals surface area contributed by atoms with Crippen molar-refractivity contribution in [1.29, 1.82) is 0 Å². The number of benzene rings is 7. The van der Waals surface area contributed by atoms with Crippen LogP contribution in [0, 0.1) is 5.92 Å². The minimum absolute atomic E-state index is 0.0111. The van der Waals surface area contributed by atoms with Crippen LogP contribution >= 0.6 is 11.3 Å². The number of nitrogens with zero attached hydrogens (tertiary/aromatic N) is 3. The Hall–Kier alpha value is -9.62. The average Bonchev–Trinajstić information content (AvgIpc) is 2.87. The van der Waals surface area contributed by atoms with Crippen LogP contribution in [0.2, 0.25) is 0 Å². The molecule has 1 saturated heterocycles. The maximum absolute atomic E-state index is 7.01. The van der Waals surface area contributed by atoms with Gasteiger partial charge >= 0.3 is 0 Å². The summed E-state index contributed by atoms with van der Waals surface area (Å²) in [5, 5.41) is 3.73. The maximum atomic E-state index is 7.01. The Morgan fingerprint density at radius 1 is 0.560 bits per heavy atom. The topological polar surface area (TPSA) is 51.4 Å². The van der Waals surface area contributed by atoms with Gasteiger partial charge in [-0.2, -0.15) is 0 Å². The smallest absolute Gasteiger partial charge is 0.135 e. The van der Waals surface area contributed by atoms with E-state index in [9.17, 15) is 0 Å². The van der Waals surface area contributed by atoms with Crippen LogP contribution in [0.25, 0.3) is 82.0 Å². The molecule has 402 valence electrons. The van der Waals surface area contributed by atoms with Gasteiger partial charge in [0.05, 0.1) is 16.9 Å². The van der Waals surface area contributed by atoms with Crippen LogP contribution in [-0.4, -0.2) is 21.1 Å². The number of para-hydroxylation sites is 1. The molecule has 6 aliphatic rings. The lowest BCUT2D eigenvalue weighted by Crippen LogP contribution is -2.43. The first-order valence-corrected chi connectivity index (χ1v) is 30.3. The second kappa shape index (κ2) is 19.0. The van der Waals surface area contributed by atoms with Crippen molar-refractivity contribution in [2.24, 2.45) is 5.92 Å². The van der Waals surface area contributed by atoms with Crippen LogP contribution in [-0.2, 0) is 6.42 Å². The molecule has 0 saturated carbocycles. The van der Waals surface area contributed by atoms with Crippen LogP contribution in [0.4, 0.5) is 5.69 Å². The summed E-state index contributed by atoms with van der Waals surface area (Å²) in [6.45, 7) is 4.67. The molecule has 0 bridgehead atoms. The average molecular weight is 1100 g/mol. The van der Waals surface area contributed by atoms with Gasteiger partial charge in [0.2, 0.25) is 0 Å². The highest BCUT2D eigenvalue weighted by molar-refractivity contribution is 7.26. The van der Waals surface area contributed by atoms with Gasteiger partial charge in [-0.05, 0) is 162 Å². The van der Waals surface area contributed by atoms with Gasteiger partial charge < -0.3 is 14.1 Å². The van der Waals surface area contributed by atoms with Gasteiger partial charge in [0.15, 0.2) is 0 Å². The molecule has 17 rings (SSSR count). The van der Waals surface area contributed by atoms with Gasteiger partial charge in [0, 0.05) is 95.3 Å². The third-order valence-corrected chi connectivity index (χ3v) is 20.1. The number of allylic oxidation sites excluding steroid dienone is 8. The van der Waals surface area contributed by atoms with Gasteiger partial charge in [0.25, 0.3) is 0 Å². The summed E-state index contributed by atoms with van der Waals surface area (Å²) in [6, 6.07) is 68.2. The van der Waals surface area contributed by atoms with Gasteiger partial charge in [-0.15, -0.1) is 11.3 Å². The van der Waals surface area contributed by atoms with E-state index in [1.54, 1.807) is 0 Å². The van der Waals surface area contributed by atoms with Crippen LogP contribution in [0.3, 0.4) is 0 Å². The number of hydrogen-bond donors (Lipinski definition) is 0. The van der Waals surface area contributed by atoms with Crippen molar-refractivity contribution < 1.29 is 9.15 Å². The van der Waals surface area contributed by atoms with E-state index >= 15 is 0 Å². The number of aromatic nitrogens is 2. The molecule has 84 heavy (non-hydrogen) atoms. The molecule has 6 heteroatoms. The predicted octanol–water partition coefficient (Wildman–Crippen LogP) is 19.7. The Bertz CT molecular complexity index is 4770. The first kappa shape index (κ1) is 49.0. The first-order valence-electron chi connectivity index (χ1n) is 29.5. The molecule has 4 aliphatic carbocycles. The van der Waals surface area contributed by atoms with Crippen molar-refractivity contribution in [2.75, 3.05) is 4.90 Å². The number of fused-ring (bicyclic) bond motifs is 12. The Morgan fingerprint density at radius 2 is 1.29 bits per heavy atom. The standard InChI is InChI=1S/C78H57N3O2S/c1-77-36-34-52(57-19-7-9-21-59(57)70-24-13-15-39-80-70)46-67(77)65-41-48(26-30-71(65)81(77)55-16-4-3-5-17-55)49-28-33-74-66(42-49)68-47-53(35-37-78(68,2)83-74)61-44-54(45-64-60-22-10-11-25-75(60)84-76(61)64)50-27-31-72-62(40-50)63-43-51(29-32-73(63)82-72)56-18-6-8-20-58(56)69-23-12-14-38-79-69/h3-25,27-42,44-48,51,67-68H,26,43H2,1-2H3. The Morgan fingerprint density at radius 3 is 2.13 bits per heavy atom. The Labute approximate surface area is 493 Å². The molecule has 1 fully saturated rings. The van der Waals surface area contributed by atoms with E-state index in [0.29, 0.717) is 0 Å². The van der Waals surface area contributed by atoms with E-state index in [4.69, 9.17) is 19.1 Å². The fourth-order valence-electron chi connectivity index (χ4n) is 14.7. The van der Waals surface area contributed by atoms with Crippen LogP contribution in [0.5, 0.6) is 5.75 Å². The van der Waals surface area contributed by atoms with E-state index in [-0.39, 0.29) is 29.2 Å². The molecule has 11 aromatic rings. The number of thiophene rings is 1. The largest absolute Gasteiger partial charge is 0.482 e. The minimum atomic E-state index is -0.528. The molecule has 6 heterocycles. The van der Waals surface area contributed by atoms with Crippen LogP contribution < -0.4 is 9.64 Å². The fraction of sp³-hybridized carbons (Fsp3) is 0.128. The highest BCUT2D eigenvalue weighted by Crippen LogP contribution is 2.57. The summed E-state index contributed by atoms with van der Waals surface area (Å²) >= 11 is 1.89. The highest BCUT2D eigenvalue weighted by atomic mass is 32.1. The molecular weight excluding hydrogens is 1040 g/mol. The second-order valence-corrected chi connectivity index (χ2v) is 24.8. The summed E-state index contributed by atoms with van der Waals surface area (Å²) in [5.74, 6) is 2.40. The summed E-state index contributed by atoms with van der Waals surface area (Å²) in [6.07, 6.45) is 29.6. The first-order chi connectivity index (χ1) is 41.3. The fourth-order valence-corrected chi connectivity index (χ4v) is 15.9. The number of pyridine rings is 2. The van der Waals surface area contributed by atoms with Gasteiger partial charge in [0.1, 0.15) is 22.7 Å². The Kier molecular flexibility index (Phi) is 11.1. The highest BCUT2D eigenvalue weighted by Gasteiger charge is 2.51. The number of rotatable bonds is 8. The molecule has 0 amide bonds. The van der Waals surface area contributed by atoms with E-state index < -0.39 is 5.60 Å². The van der Waals surface area contributed by atoms with Crippen molar-refractivity contribution in [1.82, 2.24) is 9.97 Å². The number of furan rings is 1. The lowest BCUT2D eigenvalue weighted by Gasteiger charge is -2.39. The third-order valence-electron chi connectivity index (χ3n) is 18.9. The van der Waals surface area contributed by atoms with Crippen molar-refractivity contribution in [3.8, 4) is 39.4 Å². The number of ether oxygens (including phenoxy) is 1. The lowest BCUT2D eigenvalue weighted by atomic mass is 9.74. The molecule has 0 N–H and O–H groups in total. The summed E-state index contributed by atoms with van der Waals surface area (Å²) in [5.41, 5.74) is 20.6. The van der Waals surface area contributed by atoms with Crippen molar-refractivity contribution in [2.45, 2.75) is 55.6 Å². The van der Waals surface area contributed by atoms with Gasteiger partial charge in [-0.25, -0.2) is 0 Å². The molecule has 6 atom stereocenters. The summed E-state index contributed by atoms with van der Waals surface area (Å²) in [4.78, 5) is 12.1. The molecule has 0 radical (unpaired) electrons. The van der Waals surface area contributed by atoms with Gasteiger partial charge in [-0.3, -0.25) is 9.97 Å². The quantitative estimate of drug-likeness (QED) is 0.152. The van der Waals surface area contributed by atoms with Crippen molar-refractivity contribution in [3.63, 3.8) is 0 Å². The lowest BCUT2D eigenvalue weighted by molar-refractivity contribution is 0.155. The number of hydrogen-bond acceptors (Lipinski definition) is 6. The van der Waals surface area contributed by atoms with Crippen LogP contribution in [0.1, 0.15) is 77.2 Å². The molecule has 4 aromatic heterocycles. The maximum Gasteiger partial charge on any atom is 0.135 e. The zero-order valence-corrected chi connectivity index (χ0v) is 47.4. The predicted molar refractivity (Wildman–Crippen MR) is 346 cm³/mol. The molecular formula is C78H57N3O2S. The Balaban J connectivity index is 0.734. The van der Waals surface area contributed by atoms with E-state index in [2.05, 4.69) is 255 Å². The second-order valence-electron chi connectivity index (χ2n) is 23.8. The van der Waals surface area contributed by atoms with Crippen molar-refractivity contribution >= 4 is 65.4 Å². The van der Waals surface area contributed by atoms with E-state index in [1.165, 1.54) is 104 Å². The minimum Gasteiger partial charge on any atom is -0.482 e.